The zero-order valence-electron chi connectivity index (χ0n) is 10.5. The number of para-hydroxylation sites is 1. The van der Waals surface area contributed by atoms with Crippen LogP contribution in [0, 0.1) is 0 Å². The van der Waals surface area contributed by atoms with E-state index in [9.17, 15) is 5.11 Å². The Morgan fingerprint density at radius 1 is 0.950 bits per heavy atom. The van der Waals surface area contributed by atoms with Crippen LogP contribution < -0.4 is 0 Å². The minimum atomic E-state index is -0.128. The highest BCUT2D eigenvalue weighted by atomic mass is 35.5. The van der Waals surface area contributed by atoms with Crippen LogP contribution >= 0.6 is 23.2 Å². The molecule has 1 heterocycles. The van der Waals surface area contributed by atoms with Gasteiger partial charge >= 0.3 is 0 Å². The molecule has 100 valence electrons. The van der Waals surface area contributed by atoms with Crippen LogP contribution in [0.25, 0.3) is 22.2 Å². The van der Waals surface area contributed by atoms with Crippen molar-refractivity contribution >= 4 is 34.1 Å². The smallest absolute Gasteiger partial charge is 0.0739 e. The molecular weight excluding hydrogens is 293 g/mol. The summed E-state index contributed by atoms with van der Waals surface area (Å²) in [6, 6.07) is 15.2. The largest absolute Gasteiger partial charge is 0.392 e. The Hall–Kier alpha value is -1.61. The highest BCUT2D eigenvalue weighted by Gasteiger charge is 2.13. The lowest BCUT2D eigenvalue weighted by molar-refractivity contribution is 0.282. The molecule has 0 aliphatic carbocycles. The molecule has 0 unspecified atom stereocenters. The molecule has 0 bridgehead atoms. The summed E-state index contributed by atoms with van der Waals surface area (Å²) in [6.45, 7) is -0.128. The van der Waals surface area contributed by atoms with Crippen molar-refractivity contribution < 1.29 is 5.11 Å². The number of pyridine rings is 1. The summed E-state index contributed by atoms with van der Waals surface area (Å²) < 4.78 is 0. The number of aromatic nitrogens is 1. The Bertz CT molecular complexity index is 787. The molecule has 0 saturated carbocycles. The first-order valence-electron chi connectivity index (χ1n) is 6.14. The lowest BCUT2D eigenvalue weighted by Crippen LogP contribution is -1.92. The quantitative estimate of drug-likeness (QED) is 0.744. The van der Waals surface area contributed by atoms with Gasteiger partial charge < -0.3 is 5.11 Å². The number of fused-ring (bicyclic) bond motifs is 1. The molecule has 0 radical (unpaired) electrons. The minimum absolute atomic E-state index is 0.128. The van der Waals surface area contributed by atoms with Gasteiger partial charge in [-0.3, -0.25) is 0 Å². The maximum atomic E-state index is 9.30. The van der Waals surface area contributed by atoms with Gasteiger partial charge in [0.2, 0.25) is 0 Å². The Labute approximate surface area is 126 Å². The van der Waals surface area contributed by atoms with E-state index in [0.717, 1.165) is 10.9 Å². The molecule has 0 aliphatic rings. The molecule has 3 aromatic rings. The van der Waals surface area contributed by atoms with Crippen LogP contribution in [0.3, 0.4) is 0 Å². The van der Waals surface area contributed by atoms with Gasteiger partial charge in [-0.05, 0) is 23.8 Å². The second-order valence-electron chi connectivity index (χ2n) is 4.44. The van der Waals surface area contributed by atoms with Crippen molar-refractivity contribution in [3.8, 4) is 11.3 Å². The standard InChI is InChI=1S/C16H11Cl2NO/c17-12-7-5-11(9-20)16(18)15(12)14-8-6-10-3-1-2-4-13(10)19-14/h1-8,20H,9H2. The maximum Gasteiger partial charge on any atom is 0.0739 e. The third-order valence-corrected chi connectivity index (χ3v) is 3.94. The molecule has 4 heteroatoms. The van der Waals surface area contributed by atoms with E-state index >= 15 is 0 Å². The van der Waals surface area contributed by atoms with E-state index in [1.54, 1.807) is 12.1 Å². The third kappa shape index (κ3) is 2.27. The summed E-state index contributed by atoms with van der Waals surface area (Å²) in [4.78, 5) is 4.59. The van der Waals surface area contributed by atoms with Gasteiger partial charge in [0.25, 0.3) is 0 Å². The predicted molar refractivity (Wildman–Crippen MR) is 83.1 cm³/mol. The second kappa shape index (κ2) is 5.41. The highest BCUT2D eigenvalue weighted by Crippen LogP contribution is 2.36. The number of aliphatic hydroxyl groups is 1. The number of hydrogen-bond donors (Lipinski definition) is 1. The van der Waals surface area contributed by atoms with Crippen LogP contribution in [-0.4, -0.2) is 10.1 Å². The normalized spacial score (nSPS) is 10.9. The van der Waals surface area contributed by atoms with Crippen LogP contribution in [0.2, 0.25) is 10.0 Å². The third-order valence-electron chi connectivity index (χ3n) is 3.20. The van der Waals surface area contributed by atoms with Gasteiger partial charge in [-0.1, -0.05) is 53.5 Å². The summed E-state index contributed by atoms with van der Waals surface area (Å²) in [6.07, 6.45) is 0. The Balaban J connectivity index is 2.25. The van der Waals surface area contributed by atoms with Crippen LogP contribution in [0.1, 0.15) is 5.56 Å². The van der Waals surface area contributed by atoms with Crippen molar-refractivity contribution in [1.29, 1.82) is 0 Å². The SMILES string of the molecule is OCc1ccc(Cl)c(-c2ccc3ccccc3n2)c1Cl. The van der Waals surface area contributed by atoms with Gasteiger partial charge in [0.1, 0.15) is 0 Å². The lowest BCUT2D eigenvalue weighted by atomic mass is 10.1. The zero-order chi connectivity index (χ0) is 14.1. The highest BCUT2D eigenvalue weighted by molar-refractivity contribution is 6.39. The first kappa shape index (κ1) is 13.4. The van der Waals surface area contributed by atoms with E-state index in [2.05, 4.69) is 4.98 Å². The monoisotopic (exact) mass is 303 g/mol. The van der Waals surface area contributed by atoms with Gasteiger partial charge in [-0.2, -0.15) is 0 Å². The van der Waals surface area contributed by atoms with E-state index in [4.69, 9.17) is 23.2 Å². The van der Waals surface area contributed by atoms with E-state index in [0.29, 0.717) is 26.9 Å². The molecule has 3 rings (SSSR count). The molecule has 0 amide bonds. The van der Waals surface area contributed by atoms with Crippen LogP contribution in [0.5, 0.6) is 0 Å². The molecule has 1 N–H and O–H groups in total. The number of benzene rings is 2. The first-order chi connectivity index (χ1) is 9.70. The van der Waals surface area contributed by atoms with Crippen molar-refractivity contribution in [2.45, 2.75) is 6.61 Å². The number of hydrogen-bond acceptors (Lipinski definition) is 2. The van der Waals surface area contributed by atoms with Crippen molar-refractivity contribution in [2.75, 3.05) is 0 Å². The summed E-state index contributed by atoms with van der Waals surface area (Å²) >= 11 is 12.6. The molecule has 0 fully saturated rings. The molecule has 20 heavy (non-hydrogen) atoms. The van der Waals surface area contributed by atoms with E-state index < -0.39 is 0 Å². The van der Waals surface area contributed by atoms with Crippen molar-refractivity contribution in [2.24, 2.45) is 0 Å². The van der Waals surface area contributed by atoms with Gasteiger partial charge in [0.15, 0.2) is 0 Å². The van der Waals surface area contributed by atoms with Gasteiger partial charge in [0, 0.05) is 10.9 Å². The average Bonchev–Trinajstić information content (AvgIpc) is 2.47. The number of rotatable bonds is 2. The van der Waals surface area contributed by atoms with Crippen molar-refractivity contribution in [1.82, 2.24) is 4.98 Å². The summed E-state index contributed by atoms with van der Waals surface area (Å²) in [7, 11) is 0. The average molecular weight is 304 g/mol. The first-order valence-corrected chi connectivity index (χ1v) is 6.90. The van der Waals surface area contributed by atoms with Gasteiger partial charge in [-0.25, -0.2) is 4.98 Å². The number of halogens is 2. The van der Waals surface area contributed by atoms with Crippen molar-refractivity contribution in [3.05, 3.63) is 64.1 Å². The number of aliphatic hydroxyl groups excluding tert-OH is 1. The van der Waals surface area contributed by atoms with Gasteiger partial charge in [-0.15, -0.1) is 0 Å². The molecule has 0 aliphatic heterocycles. The topological polar surface area (TPSA) is 33.1 Å². The fraction of sp³-hybridized carbons (Fsp3) is 0.0625. The van der Waals surface area contributed by atoms with E-state index in [1.165, 1.54) is 0 Å². The molecule has 2 nitrogen and oxygen atoms in total. The lowest BCUT2D eigenvalue weighted by Gasteiger charge is -2.10. The fourth-order valence-electron chi connectivity index (χ4n) is 2.16. The van der Waals surface area contributed by atoms with E-state index in [-0.39, 0.29) is 6.61 Å². The Kier molecular flexibility index (Phi) is 3.62. The fourth-order valence-corrected chi connectivity index (χ4v) is 2.78. The maximum absolute atomic E-state index is 9.30. The van der Waals surface area contributed by atoms with E-state index in [1.807, 2.05) is 36.4 Å². The molecule has 0 spiro atoms. The number of nitrogens with zero attached hydrogens (tertiary/aromatic N) is 1. The molecule has 0 saturated heterocycles. The summed E-state index contributed by atoms with van der Waals surface area (Å²) in [5.41, 5.74) is 2.88. The molecule has 1 aromatic heterocycles. The molecule has 0 atom stereocenters. The Morgan fingerprint density at radius 3 is 2.55 bits per heavy atom. The van der Waals surface area contributed by atoms with Gasteiger partial charge in [0.05, 0.1) is 27.9 Å². The minimum Gasteiger partial charge on any atom is -0.392 e. The van der Waals surface area contributed by atoms with Crippen LogP contribution in [-0.2, 0) is 6.61 Å². The summed E-state index contributed by atoms with van der Waals surface area (Å²) in [5.74, 6) is 0. The summed E-state index contributed by atoms with van der Waals surface area (Å²) in [5, 5.41) is 11.3. The second-order valence-corrected chi connectivity index (χ2v) is 5.23. The molecular formula is C16H11Cl2NO. The predicted octanol–water partition coefficient (Wildman–Crippen LogP) is 4.70. The van der Waals surface area contributed by atoms with Crippen LogP contribution in [0.15, 0.2) is 48.5 Å². The van der Waals surface area contributed by atoms with Crippen molar-refractivity contribution in [3.63, 3.8) is 0 Å². The Morgan fingerprint density at radius 2 is 1.75 bits per heavy atom. The zero-order valence-corrected chi connectivity index (χ0v) is 12.0. The van der Waals surface area contributed by atoms with Crippen LogP contribution in [0.4, 0.5) is 0 Å². The molecule has 2 aromatic carbocycles.